The van der Waals surface area contributed by atoms with Crippen molar-refractivity contribution in [2.45, 2.75) is 76.0 Å². The second kappa shape index (κ2) is 6.24. The Balaban J connectivity index is 1.75. The van der Waals surface area contributed by atoms with Gasteiger partial charge in [0.15, 0.2) is 0 Å². The van der Waals surface area contributed by atoms with Crippen molar-refractivity contribution in [2.24, 2.45) is 5.73 Å². The third-order valence-corrected chi connectivity index (χ3v) is 3.95. The van der Waals surface area contributed by atoms with Crippen molar-refractivity contribution in [1.29, 1.82) is 0 Å². The van der Waals surface area contributed by atoms with E-state index in [1.165, 1.54) is 25.7 Å². The number of alkyl carbamates (subject to hydrolysis) is 1. The van der Waals surface area contributed by atoms with E-state index in [0.29, 0.717) is 0 Å². The summed E-state index contributed by atoms with van der Waals surface area (Å²) in [5, 5.41) is 2.95. The number of hydrogen-bond acceptors (Lipinski definition) is 3. The molecule has 0 bridgehead atoms. The van der Waals surface area contributed by atoms with E-state index in [0.717, 1.165) is 32.1 Å². The van der Waals surface area contributed by atoms with Crippen LogP contribution >= 0.6 is 0 Å². The maximum absolute atomic E-state index is 11.7. The summed E-state index contributed by atoms with van der Waals surface area (Å²) in [4.78, 5) is 11.7. The highest BCUT2D eigenvalue weighted by atomic mass is 16.6. The van der Waals surface area contributed by atoms with Gasteiger partial charge in [-0.3, -0.25) is 0 Å². The number of carbonyl (C=O) groups is 1. The topological polar surface area (TPSA) is 64.3 Å². The van der Waals surface area contributed by atoms with E-state index < -0.39 is 0 Å². The maximum atomic E-state index is 11.7. The van der Waals surface area contributed by atoms with Gasteiger partial charge < -0.3 is 15.8 Å². The van der Waals surface area contributed by atoms with Crippen LogP contribution in [0.3, 0.4) is 0 Å². The monoisotopic (exact) mass is 240 g/mol. The zero-order valence-electron chi connectivity index (χ0n) is 10.5. The lowest BCUT2D eigenvalue weighted by molar-refractivity contribution is 0.0963. The second-order valence-electron chi connectivity index (χ2n) is 5.36. The molecule has 4 heteroatoms. The summed E-state index contributed by atoms with van der Waals surface area (Å²) in [6, 6.07) is 0.194. The molecule has 0 radical (unpaired) electrons. The largest absolute Gasteiger partial charge is 0.446 e. The van der Waals surface area contributed by atoms with Crippen LogP contribution in [0.25, 0.3) is 0 Å². The number of carbonyl (C=O) groups excluding carboxylic acids is 1. The Morgan fingerprint density at radius 2 is 1.65 bits per heavy atom. The van der Waals surface area contributed by atoms with Crippen LogP contribution in [0.4, 0.5) is 4.79 Å². The highest BCUT2D eigenvalue weighted by molar-refractivity contribution is 5.68. The molecular formula is C13H24N2O2. The van der Waals surface area contributed by atoms with Gasteiger partial charge in [0.05, 0.1) is 0 Å². The molecule has 0 spiro atoms. The summed E-state index contributed by atoms with van der Waals surface area (Å²) >= 11 is 0. The fourth-order valence-electron chi connectivity index (χ4n) is 2.86. The minimum atomic E-state index is -0.265. The van der Waals surface area contributed by atoms with E-state index in [9.17, 15) is 4.79 Å². The molecule has 2 unspecified atom stereocenters. The van der Waals surface area contributed by atoms with Crippen molar-refractivity contribution in [1.82, 2.24) is 5.32 Å². The molecule has 0 aromatic heterocycles. The number of hydrogen-bond donors (Lipinski definition) is 2. The van der Waals surface area contributed by atoms with Crippen molar-refractivity contribution in [3.63, 3.8) is 0 Å². The van der Waals surface area contributed by atoms with Crippen LogP contribution in [0.15, 0.2) is 0 Å². The molecule has 0 aromatic carbocycles. The maximum Gasteiger partial charge on any atom is 0.407 e. The molecule has 2 aliphatic carbocycles. The van der Waals surface area contributed by atoms with Gasteiger partial charge in [0, 0.05) is 12.1 Å². The molecule has 1 amide bonds. The van der Waals surface area contributed by atoms with E-state index >= 15 is 0 Å². The molecule has 0 aromatic rings. The summed E-state index contributed by atoms with van der Waals surface area (Å²) < 4.78 is 5.40. The molecule has 4 nitrogen and oxygen atoms in total. The van der Waals surface area contributed by atoms with Gasteiger partial charge in [0.25, 0.3) is 0 Å². The molecule has 2 saturated carbocycles. The van der Waals surface area contributed by atoms with Gasteiger partial charge in [0.2, 0.25) is 0 Å². The Labute approximate surface area is 103 Å². The van der Waals surface area contributed by atoms with Gasteiger partial charge >= 0.3 is 6.09 Å². The zero-order chi connectivity index (χ0) is 12.1. The average molecular weight is 240 g/mol. The fraction of sp³-hybridized carbons (Fsp3) is 0.923. The van der Waals surface area contributed by atoms with Gasteiger partial charge in [-0.2, -0.15) is 0 Å². The summed E-state index contributed by atoms with van der Waals surface area (Å²) in [6.07, 6.45) is 9.82. The van der Waals surface area contributed by atoms with E-state index in [2.05, 4.69) is 5.32 Å². The van der Waals surface area contributed by atoms with Crippen LogP contribution in [0, 0.1) is 0 Å². The average Bonchev–Trinajstić information content (AvgIpc) is 2.71. The first kappa shape index (κ1) is 12.7. The number of nitrogens with two attached hydrogens (primary N) is 1. The van der Waals surface area contributed by atoms with E-state index in [-0.39, 0.29) is 24.3 Å². The first-order chi connectivity index (χ1) is 8.25. The summed E-state index contributed by atoms with van der Waals surface area (Å²) in [7, 11) is 0. The lowest BCUT2D eigenvalue weighted by Gasteiger charge is -2.23. The molecular weight excluding hydrogens is 216 g/mol. The van der Waals surface area contributed by atoms with Crippen molar-refractivity contribution < 1.29 is 9.53 Å². The van der Waals surface area contributed by atoms with Crippen LogP contribution in [0.2, 0.25) is 0 Å². The van der Waals surface area contributed by atoms with Gasteiger partial charge in [-0.25, -0.2) is 4.79 Å². The first-order valence-electron chi connectivity index (χ1n) is 6.98. The molecule has 0 aliphatic heterocycles. The van der Waals surface area contributed by atoms with Crippen molar-refractivity contribution in [2.75, 3.05) is 0 Å². The lowest BCUT2D eigenvalue weighted by Crippen LogP contribution is -2.47. The Kier molecular flexibility index (Phi) is 4.66. The summed E-state index contributed by atoms with van der Waals surface area (Å²) in [5.41, 5.74) is 6.07. The van der Waals surface area contributed by atoms with Crippen molar-refractivity contribution >= 4 is 6.09 Å². The summed E-state index contributed by atoms with van der Waals surface area (Å²) in [5.74, 6) is 0. The van der Waals surface area contributed by atoms with E-state index in [4.69, 9.17) is 10.5 Å². The van der Waals surface area contributed by atoms with Crippen LogP contribution < -0.4 is 11.1 Å². The van der Waals surface area contributed by atoms with Gasteiger partial charge in [-0.05, 0) is 38.5 Å². The van der Waals surface area contributed by atoms with Crippen LogP contribution in [-0.2, 0) is 4.74 Å². The third kappa shape index (κ3) is 3.87. The van der Waals surface area contributed by atoms with Crippen LogP contribution in [0.1, 0.15) is 57.8 Å². The molecule has 2 rings (SSSR count). The van der Waals surface area contributed by atoms with E-state index in [1.54, 1.807) is 0 Å². The number of nitrogens with one attached hydrogen (secondary N) is 1. The molecule has 2 atom stereocenters. The Morgan fingerprint density at radius 3 is 2.41 bits per heavy atom. The molecule has 0 heterocycles. The molecule has 98 valence electrons. The van der Waals surface area contributed by atoms with Crippen molar-refractivity contribution in [3.8, 4) is 0 Å². The standard InChI is InChI=1S/C13H24N2O2/c14-11-8-2-1-3-9-12(11)15-13(16)17-10-6-4-5-7-10/h10-12H,1-9,14H2,(H,15,16). The SMILES string of the molecule is NC1CCCCCC1NC(=O)OC1CCCC1. The highest BCUT2D eigenvalue weighted by Crippen LogP contribution is 2.21. The molecule has 2 fully saturated rings. The first-order valence-corrected chi connectivity index (χ1v) is 6.98. The second-order valence-corrected chi connectivity index (χ2v) is 5.36. The number of amides is 1. The number of ether oxygens (including phenoxy) is 1. The lowest BCUT2D eigenvalue weighted by atomic mass is 10.0. The number of rotatable bonds is 2. The van der Waals surface area contributed by atoms with Crippen molar-refractivity contribution in [3.05, 3.63) is 0 Å². The zero-order valence-corrected chi connectivity index (χ0v) is 10.5. The smallest absolute Gasteiger partial charge is 0.407 e. The molecule has 3 N–H and O–H groups in total. The Morgan fingerprint density at radius 1 is 1.00 bits per heavy atom. The third-order valence-electron chi connectivity index (χ3n) is 3.95. The minimum Gasteiger partial charge on any atom is -0.446 e. The molecule has 17 heavy (non-hydrogen) atoms. The highest BCUT2D eigenvalue weighted by Gasteiger charge is 2.25. The molecule has 2 aliphatic rings. The predicted octanol–water partition coefficient (Wildman–Crippen LogP) is 2.32. The Bertz CT molecular complexity index is 252. The molecule has 0 saturated heterocycles. The summed E-state index contributed by atoms with van der Waals surface area (Å²) in [6.45, 7) is 0. The van der Waals surface area contributed by atoms with Gasteiger partial charge in [-0.15, -0.1) is 0 Å². The van der Waals surface area contributed by atoms with Crippen LogP contribution in [0.5, 0.6) is 0 Å². The van der Waals surface area contributed by atoms with E-state index in [1.807, 2.05) is 0 Å². The fourth-order valence-corrected chi connectivity index (χ4v) is 2.86. The predicted molar refractivity (Wildman–Crippen MR) is 66.7 cm³/mol. The van der Waals surface area contributed by atoms with Gasteiger partial charge in [0.1, 0.15) is 6.10 Å². The van der Waals surface area contributed by atoms with Crippen LogP contribution in [-0.4, -0.2) is 24.3 Å². The van der Waals surface area contributed by atoms with Gasteiger partial charge in [-0.1, -0.05) is 19.3 Å². The minimum absolute atomic E-state index is 0.0913. The Hall–Kier alpha value is -0.770. The normalized spacial score (nSPS) is 30.9. The quantitative estimate of drug-likeness (QED) is 0.728.